The molecule has 1 aromatic heterocycles. The summed E-state index contributed by atoms with van der Waals surface area (Å²) >= 11 is 0. The first-order chi connectivity index (χ1) is 9.18. The average molecular weight is 292 g/mol. The van der Waals surface area contributed by atoms with Crippen LogP contribution in [0.2, 0.25) is 0 Å². The minimum Gasteiger partial charge on any atom is -0.374 e. The number of aromatic nitrogens is 2. The normalized spacial score (nSPS) is 12.3. The summed E-state index contributed by atoms with van der Waals surface area (Å²) < 4.78 is 43.6. The van der Waals surface area contributed by atoms with Crippen molar-refractivity contribution in [3.05, 3.63) is 11.8 Å². The Morgan fingerprint density at radius 2 is 1.90 bits per heavy atom. The number of nitrogens with one attached hydrogen (secondary N) is 2. The molecule has 1 heterocycles. The molecule has 2 N–H and O–H groups in total. The van der Waals surface area contributed by atoms with E-state index in [2.05, 4.69) is 20.6 Å². The summed E-state index contributed by atoms with van der Waals surface area (Å²) in [5, 5.41) is 5.35. The van der Waals surface area contributed by atoms with E-state index in [-0.39, 0.29) is 11.8 Å². The van der Waals surface area contributed by atoms with E-state index in [0.29, 0.717) is 13.2 Å². The zero-order valence-electron chi connectivity index (χ0n) is 11.9. The molecule has 0 unspecified atom stereocenters. The van der Waals surface area contributed by atoms with E-state index in [1.165, 1.54) is 7.05 Å². The third kappa shape index (κ3) is 4.84. The van der Waals surface area contributed by atoms with Crippen LogP contribution in [-0.4, -0.2) is 35.8 Å². The van der Waals surface area contributed by atoms with E-state index in [9.17, 15) is 13.2 Å². The molecule has 0 amide bonds. The molecule has 0 aliphatic heterocycles. The third-order valence-electron chi connectivity index (χ3n) is 2.47. The van der Waals surface area contributed by atoms with Crippen LogP contribution in [0.25, 0.3) is 0 Å². The number of alkyl halides is 3. The third-order valence-corrected chi connectivity index (χ3v) is 2.47. The molecular weight excluding hydrogens is 273 g/mol. The zero-order valence-corrected chi connectivity index (χ0v) is 11.9. The van der Waals surface area contributed by atoms with Crippen LogP contribution in [-0.2, 0) is 10.9 Å². The molecule has 20 heavy (non-hydrogen) atoms. The molecule has 0 aliphatic rings. The fourth-order valence-corrected chi connectivity index (χ4v) is 1.54. The van der Waals surface area contributed by atoms with Gasteiger partial charge in [-0.15, -0.1) is 0 Å². The van der Waals surface area contributed by atoms with E-state index in [1.54, 1.807) is 0 Å². The van der Waals surface area contributed by atoms with Gasteiger partial charge < -0.3 is 15.4 Å². The second-order valence-corrected chi connectivity index (χ2v) is 4.76. The number of ether oxygens (including phenoxy) is 1. The molecule has 0 bridgehead atoms. The summed E-state index contributed by atoms with van der Waals surface area (Å²) in [4.78, 5) is 7.33. The predicted molar refractivity (Wildman–Crippen MR) is 70.8 cm³/mol. The van der Waals surface area contributed by atoms with Gasteiger partial charge in [0, 0.05) is 26.3 Å². The van der Waals surface area contributed by atoms with Crippen molar-refractivity contribution >= 4 is 11.8 Å². The van der Waals surface area contributed by atoms with Gasteiger partial charge in [-0.2, -0.15) is 18.2 Å². The maximum Gasteiger partial charge on any atom is 0.433 e. The summed E-state index contributed by atoms with van der Waals surface area (Å²) in [7, 11) is 1.46. The fourth-order valence-electron chi connectivity index (χ4n) is 1.54. The summed E-state index contributed by atoms with van der Waals surface area (Å²) in [6.07, 6.45) is -4.51. The Balaban J connectivity index is 2.90. The van der Waals surface area contributed by atoms with Crippen LogP contribution in [0.3, 0.4) is 0 Å². The molecule has 0 radical (unpaired) electrons. The second-order valence-electron chi connectivity index (χ2n) is 4.76. The van der Waals surface area contributed by atoms with Crippen molar-refractivity contribution < 1.29 is 17.9 Å². The predicted octanol–water partition coefficient (Wildman–Crippen LogP) is 2.76. The number of halogens is 3. The van der Waals surface area contributed by atoms with Crippen molar-refractivity contribution in [1.82, 2.24) is 9.97 Å². The van der Waals surface area contributed by atoms with Gasteiger partial charge >= 0.3 is 6.18 Å². The Morgan fingerprint density at radius 1 is 1.25 bits per heavy atom. The van der Waals surface area contributed by atoms with Crippen LogP contribution in [0.5, 0.6) is 0 Å². The molecule has 0 atom stereocenters. The minimum absolute atomic E-state index is 0.0865. The highest BCUT2D eigenvalue weighted by Crippen LogP contribution is 2.29. The lowest BCUT2D eigenvalue weighted by molar-refractivity contribution is -0.141. The largest absolute Gasteiger partial charge is 0.433 e. The number of nitrogens with zero attached hydrogens (tertiary/aromatic N) is 2. The van der Waals surface area contributed by atoms with Gasteiger partial charge in [-0.25, -0.2) is 4.98 Å². The molecule has 0 aromatic carbocycles. The number of anilines is 2. The van der Waals surface area contributed by atoms with Crippen LogP contribution < -0.4 is 10.6 Å². The van der Waals surface area contributed by atoms with Crippen LogP contribution in [0.15, 0.2) is 6.07 Å². The van der Waals surface area contributed by atoms with Crippen molar-refractivity contribution in [2.75, 3.05) is 30.8 Å². The molecule has 0 spiro atoms. The van der Waals surface area contributed by atoms with E-state index in [0.717, 1.165) is 6.07 Å². The van der Waals surface area contributed by atoms with E-state index in [4.69, 9.17) is 4.74 Å². The maximum absolute atomic E-state index is 12.7. The van der Waals surface area contributed by atoms with Gasteiger partial charge in [-0.3, -0.25) is 0 Å². The molecule has 1 aromatic rings. The standard InChI is InChI=1S/C12H19F3N4O/c1-5-20-11(2,3)7-17-9-6-8(12(13,14)15)18-10(16-4)19-9/h6H,5,7H2,1-4H3,(H2,16,17,18,19). The van der Waals surface area contributed by atoms with Crippen molar-refractivity contribution in [1.29, 1.82) is 0 Å². The first-order valence-electron chi connectivity index (χ1n) is 6.20. The Hall–Kier alpha value is -1.57. The molecule has 5 nitrogen and oxygen atoms in total. The van der Waals surface area contributed by atoms with Crippen LogP contribution in [0, 0.1) is 0 Å². The Morgan fingerprint density at radius 3 is 2.40 bits per heavy atom. The van der Waals surface area contributed by atoms with Gasteiger partial charge in [-0.1, -0.05) is 0 Å². The van der Waals surface area contributed by atoms with Gasteiger partial charge in [0.15, 0.2) is 5.69 Å². The lowest BCUT2D eigenvalue weighted by Gasteiger charge is -2.25. The molecule has 0 fully saturated rings. The topological polar surface area (TPSA) is 59.1 Å². The average Bonchev–Trinajstić information content (AvgIpc) is 2.35. The Bertz CT molecular complexity index is 449. The molecule has 0 saturated carbocycles. The maximum atomic E-state index is 12.7. The van der Waals surface area contributed by atoms with Gasteiger partial charge in [-0.05, 0) is 20.8 Å². The summed E-state index contributed by atoms with van der Waals surface area (Å²) in [6.45, 7) is 6.39. The van der Waals surface area contributed by atoms with E-state index >= 15 is 0 Å². The van der Waals surface area contributed by atoms with E-state index < -0.39 is 17.5 Å². The monoisotopic (exact) mass is 292 g/mol. The smallest absolute Gasteiger partial charge is 0.374 e. The van der Waals surface area contributed by atoms with Gasteiger partial charge in [0.2, 0.25) is 5.95 Å². The van der Waals surface area contributed by atoms with Crippen molar-refractivity contribution in [3.8, 4) is 0 Å². The summed E-state index contributed by atoms with van der Waals surface area (Å²) in [5.41, 5.74) is -1.49. The number of rotatable bonds is 6. The number of hydrogen-bond acceptors (Lipinski definition) is 5. The van der Waals surface area contributed by atoms with Gasteiger partial charge in [0.1, 0.15) is 5.82 Å². The highest BCUT2D eigenvalue weighted by Gasteiger charge is 2.33. The summed E-state index contributed by atoms with van der Waals surface area (Å²) in [5.74, 6) is 0.0148. The molecular formula is C12H19F3N4O. The fraction of sp³-hybridized carbons (Fsp3) is 0.667. The first-order valence-corrected chi connectivity index (χ1v) is 6.20. The molecule has 0 saturated heterocycles. The van der Waals surface area contributed by atoms with Crippen LogP contribution in [0.4, 0.5) is 24.9 Å². The van der Waals surface area contributed by atoms with Gasteiger partial charge in [0.25, 0.3) is 0 Å². The lowest BCUT2D eigenvalue weighted by Crippen LogP contribution is -2.33. The van der Waals surface area contributed by atoms with Crippen molar-refractivity contribution in [3.63, 3.8) is 0 Å². The number of hydrogen-bond donors (Lipinski definition) is 2. The molecule has 114 valence electrons. The summed E-state index contributed by atoms with van der Waals surface area (Å²) in [6, 6.07) is 0.878. The SMILES string of the molecule is CCOC(C)(C)CNc1cc(C(F)(F)F)nc(NC)n1. The molecule has 1 rings (SSSR count). The molecule has 8 heteroatoms. The second kappa shape index (κ2) is 6.25. The zero-order chi connectivity index (χ0) is 15.4. The van der Waals surface area contributed by atoms with Crippen LogP contribution in [0.1, 0.15) is 26.5 Å². The Labute approximate surface area is 116 Å². The highest BCUT2D eigenvalue weighted by atomic mass is 19.4. The first kappa shape index (κ1) is 16.5. The quantitative estimate of drug-likeness (QED) is 0.844. The van der Waals surface area contributed by atoms with Gasteiger partial charge in [0.05, 0.1) is 5.60 Å². The Kier molecular flexibility index (Phi) is 5.15. The van der Waals surface area contributed by atoms with E-state index in [1.807, 2.05) is 20.8 Å². The van der Waals surface area contributed by atoms with Crippen molar-refractivity contribution in [2.45, 2.75) is 32.5 Å². The van der Waals surface area contributed by atoms with Crippen LogP contribution >= 0.6 is 0 Å². The lowest BCUT2D eigenvalue weighted by atomic mass is 10.1. The molecule has 0 aliphatic carbocycles. The minimum atomic E-state index is -4.51. The highest BCUT2D eigenvalue weighted by molar-refractivity contribution is 5.43. The van der Waals surface area contributed by atoms with Crippen molar-refractivity contribution in [2.24, 2.45) is 0 Å².